The fourth-order valence-electron chi connectivity index (χ4n) is 1.33. The van der Waals surface area contributed by atoms with Crippen molar-refractivity contribution < 1.29 is 13.9 Å². The SMILES string of the molecule is CCOC(=O)CSc1nnc(-c2ccccc2Cl)o1. The first kappa shape index (κ1) is 13.9. The number of rotatable bonds is 5. The van der Waals surface area contributed by atoms with E-state index in [4.69, 9.17) is 20.8 Å². The number of carbonyl (C=O) groups excluding carboxylic acids is 1. The van der Waals surface area contributed by atoms with Crippen molar-refractivity contribution >= 4 is 29.3 Å². The summed E-state index contributed by atoms with van der Waals surface area (Å²) in [7, 11) is 0. The van der Waals surface area contributed by atoms with Gasteiger partial charge in [-0.05, 0) is 19.1 Å². The first-order valence-corrected chi connectivity index (χ1v) is 6.94. The Bertz CT molecular complexity index is 574. The minimum absolute atomic E-state index is 0.137. The molecule has 7 heteroatoms. The lowest BCUT2D eigenvalue weighted by molar-refractivity contribution is -0.139. The molecule has 0 fully saturated rings. The summed E-state index contributed by atoms with van der Waals surface area (Å²) in [5.74, 6) is 0.153. The summed E-state index contributed by atoms with van der Waals surface area (Å²) in [5.41, 5.74) is 0.666. The maximum atomic E-state index is 11.2. The van der Waals surface area contributed by atoms with Gasteiger partial charge in [0.25, 0.3) is 5.22 Å². The van der Waals surface area contributed by atoms with Gasteiger partial charge in [0.15, 0.2) is 0 Å². The lowest BCUT2D eigenvalue weighted by Gasteiger charge is -1.98. The summed E-state index contributed by atoms with van der Waals surface area (Å²) >= 11 is 7.16. The third-order valence-corrected chi connectivity index (χ3v) is 3.25. The monoisotopic (exact) mass is 298 g/mol. The van der Waals surface area contributed by atoms with Gasteiger partial charge < -0.3 is 9.15 Å². The van der Waals surface area contributed by atoms with Gasteiger partial charge in [0.05, 0.1) is 17.2 Å². The topological polar surface area (TPSA) is 65.2 Å². The Kier molecular flexibility index (Phi) is 4.81. The van der Waals surface area contributed by atoms with Crippen molar-refractivity contribution in [3.8, 4) is 11.5 Å². The highest BCUT2D eigenvalue weighted by molar-refractivity contribution is 7.99. The standard InChI is InChI=1S/C12H11ClN2O3S/c1-2-17-10(16)7-19-12-15-14-11(18-12)8-5-3-4-6-9(8)13/h3-6H,2,7H2,1H3. The predicted molar refractivity (Wildman–Crippen MR) is 72.1 cm³/mol. The molecule has 0 bridgehead atoms. The molecule has 0 aliphatic rings. The molecule has 0 spiro atoms. The number of hydrogen-bond acceptors (Lipinski definition) is 6. The van der Waals surface area contributed by atoms with Crippen LogP contribution in [0.15, 0.2) is 33.9 Å². The van der Waals surface area contributed by atoms with Crippen molar-refractivity contribution in [3.63, 3.8) is 0 Å². The fourth-order valence-corrected chi connectivity index (χ4v) is 2.11. The highest BCUT2D eigenvalue weighted by atomic mass is 35.5. The number of halogens is 1. The number of carbonyl (C=O) groups is 1. The van der Waals surface area contributed by atoms with Crippen molar-refractivity contribution in [1.29, 1.82) is 0 Å². The highest BCUT2D eigenvalue weighted by Gasteiger charge is 2.13. The lowest BCUT2D eigenvalue weighted by Crippen LogP contribution is -2.06. The van der Waals surface area contributed by atoms with Gasteiger partial charge in [0.2, 0.25) is 5.89 Å². The number of nitrogens with zero attached hydrogens (tertiary/aromatic N) is 2. The number of esters is 1. The maximum Gasteiger partial charge on any atom is 0.316 e. The van der Waals surface area contributed by atoms with Crippen molar-refractivity contribution in [2.24, 2.45) is 0 Å². The van der Waals surface area contributed by atoms with Crippen LogP contribution in [0.1, 0.15) is 6.92 Å². The Labute approximate surface area is 119 Å². The van der Waals surface area contributed by atoms with Crippen LogP contribution in [0.5, 0.6) is 0 Å². The molecule has 0 aliphatic heterocycles. The Balaban J connectivity index is 2.04. The molecule has 0 radical (unpaired) electrons. The highest BCUT2D eigenvalue weighted by Crippen LogP contribution is 2.28. The third-order valence-electron chi connectivity index (χ3n) is 2.13. The van der Waals surface area contributed by atoms with Crippen molar-refractivity contribution in [2.75, 3.05) is 12.4 Å². The van der Waals surface area contributed by atoms with Gasteiger partial charge >= 0.3 is 5.97 Å². The zero-order chi connectivity index (χ0) is 13.7. The number of ether oxygens (including phenoxy) is 1. The molecule has 2 aromatic rings. The van der Waals surface area contributed by atoms with E-state index in [2.05, 4.69) is 10.2 Å². The van der Waals surface area contributed by atoms with E-state index < -0.39 is 0 Å². The van der Waals surface area contributed by atoms with E-state index in [0.717, 1.165) is 11.8 Å². The zero-order valence-corrected chi connectivity index (χ0v) is 11.7. The Morgan fingerprint density at radius 1 is 1.42 bits per heavy atom. The quantitative estimate of drug-likeness (QED) is 0.624. The van der Waals surface area contributed by atoms with E-state index >= 15 is 0 Å². The van der Waals surface area contributed by atoms with Crippen LogP contribution in [0.3, 0.4) is 0 Å². The summed E-state index contributed by atoms with van der Waals surface area (Å²) in [6, 6.07) is 7.18. The van der Waals surface area contributed by atoms with Gasteiger partial charge in [-0.25, -0.2) is 0 Å². The lowest BCUT2D eigenvalue weighted by atomic mass is 10.2. The molecule has 1 aromatic carbocycles. The molecule has 0 N–H and O–H groups in total. The van der Waals surface area contributed by atoms with Crippen LogP contribution in [-0.2, 0) is 9.53 Å². The molecule has 19 heavy (non-hydrogen) atoms. The molecule has 5 nitrogen and oxygen atoms in total. The normalized spacial score (nSPS) is 10.4. The minimum atomic E-state index is -0.315. The Morgan fingerprint density at radius 3 is 2.95 bits per heavy atom. The predicted octanol–water partition coefficient (Wildman–Crippen LogP) is 3.05. The van der Waals surface area contributed by atoms with Gasteiger partial charge in [-0.3, -0.25) is 4.79 Å². The molecule has 0 saturated heterocycles. The van der Waals surface area contributed by atoms with Gasteiger partial charge in [-0.2, -0.15) is 0 Å². The molecule has 2 rings (SSSR count). The van der Waals surface area contributed by atoms with E-state index in [1.165, 1.54) is 0 Å². The molecule has 0 amide bonds. The molecule has 0 atom stereocenters. The number of hydrogen-bond donors (Lipinski definition) is 0. The maximum absolute atomic E-state index is 11.2. The largest absolute Gasteiger partial charge is 0.465 e. The summed E-state index contributed by atoms with van der Waals surface area (Å²) in [5, 5.41) is 8.59. The molecular formula is C12H11ClN2O3S. The van der Waals surface area contributed by atoms with Crippen LogP contribution >= 0.6 is 23.4 Å². The van der Waals surface area contributed by atoms with Crippen molar-refractivity contribution in [2.45, 2.75) is 12.1 Å². The number of aromatic nitrogens is 2. The van der Waals surface area contributed by atoms with Gasteiger partial charge in [-0.1, -0.05) is 35.5 Å². The second-order valence-electron chi connectivity index (χ2n) is 3.45. The molecule has 0 unspecified atom stereocenters. The third kappa shape index (κ3) is 3.71. The minimum Gasteiger partial charge on any atom is -0.465 e. The molecular weight excluding hydrogens is 288 g/mol. The van der Waals surface area contributed by atoms with Gasteiger partial charge in [0, 0.05) is 0 Å². The van der Waals surface area contributed by atoms with Crippen LogP contribution in [0, 0.1) is 0 Å². The first-order valence-electron chi connectivity index (χ1n) is 5.57. The van der Waals surface area contributed by atoms with Crippen LogP contribution in [0.25, 0.3) is 11.5 Å². The molecule has 100 valence electrons. The fraction of sp³-hybridized carbons (Fsp3) is 0.250. The summed E-state index contributed by atoms with van der Waals surface area (Å²) in [4.78, 5) is 11.2. The number of thioether (sulfide) groups is 1. The molecule has 1 heterocycles. The smallest absolute Gasteiger partial charge is 0.316 e. The van der Waals surface area contributed by atoms with Crippen molar-refractivity contribution in [1.82, 2.24) is 10.2 Å². The summed E-state index contributed by atoms with van der Waals surface area (Å²) < 4.78 is 10.2. The van der Waals surface area contributed by atoms with Crippen LogP contribution in [0.2, 0.25) is 5.02 Å². The second-order valence-corrected chi connectivity index (χ2v) is 4.78. The van der Waals surface area contributed by atoms with Gasteiger partial charge in [0.1, 0.15) is 5.75 Å². The number of benzene rings is 1. The van der Waals surface area contributed by atoms with Gasteiger partial charge in [-0.15, -0.1) is 10.2 Å². The Morgan fingerprint density at radius 2 is 2.21 bits per heavy atom. The summed E-state index contributed by atoms with van der Waals surface area (Å²) in [6.45, 7) is 2.11. The molecule has 0 aliphatic carbocycles. The van der Waals surface area contributed by atoms with E-state index in [1.54, 1.807) is 19.1 Å². The van der Waals surface area contributed by atoms with E-state index in [1.807, 2.05) is 12.1 Å². The second kappa shape index (κ2) is 6.58. The first-order chi connectivity index (χ1) is 9.20. The van der Waals surface area contributed by atoms with E-state index in [0.29, 0.717) is 28.3 Å². The van der Waals surface area contributed by atoms with E-state index in [-0.39, 0.29) is 11.7 Å². The summed E-state index contributed by atoms with van der Waals surface area (Å²) in [6.07, 6.45) is 0. The van der Waals surface area contributed by atoms with Crippen molar-refractivity contribution in [3.05, 3.63) is 29.3 Å². The molecule has 0 saturated carbocycles. The average Bonchev–Trinajstić information content (AvgIpc) is 2.86. The Hall–Kier alpha value is -1.53. The van der Waals surface area contributed by atoms with Crippen LogP contribution < -0.4 is 0 Å². The molecule has 1 aromatic heterocycles. The van der Waals surface area contributed by atoms with Crippen LogP contribution in [-0.4, -0.2) is 28.5 Å². The van der Waals surface area contributed by atoms with E-state index in [9.17, 15) is 4.79 Å². The zero-order valence-electron chi connectivity index (χ0n) is 10.1. The van der Waals surface area contributed by atoms with Crippen LogP contribution in [0.4, 0.5) is 0 Å². The average molecular weight is 299 g/mol.